The summed E-state index contributed by atoms with van der Waals surface area (Å²) >= 11 is 6.22. The van der Waals surface area contributed by atoms with E-state index in [1.807, 2.05) is 48.7 Å². The van der Waals surface area contributed by atoms with Crippen LogP contribution < -0.4 is 20.4 Å². The first-order valence-corrected chi connectivity index (χ1v) is 14.9. The van der Waals surface area contributed by atoms with E-state index in [-0.39, 0.29) is 12.0 Å². The molecule has 2 aromatic heterocycles. The Morgan fingerprint density at radius 2 is 1.73 bits per heavy atom. The number of hydrogen-bond acceptors (Lipinski definition) is 5. The number of anilines is 3. The number of piperazine rings is 1. The number of halogens is 2. The summed E-state index contributed by atoms with van der Waals surface area (Å²) in [5, 5.41) is 7.26. The minimum atomic E-state index is -0.961. The average Bonchev–Trinajstić information content (AvgIpc) is 3.45. The number of rotatable bonds is 8. The van der Waals surface area contributed by atoms with Gasteiger partial charge in [0.1, 0.15) is 11.9 Å². The number of aromatic amines is 1. The largest absolute Gasteiger partial charge is 0.368 e. The molecule has 1 aliphatic rings. The van der Waals surface area contributed by atoms with Crippen LogP contribution >= 0.6 is 11.6 Å². The molecule has 0 unspecified atom stereocenters. The quantitative estimate of drug-likeness (QED) is 0.201. The summed E-state index contributed by atoms with van der Waals surface area (Å²) in [7, 11) is 0. The highest BCUT2D eigenvalue weighted by Crippen LogP contribution is 2.27. The van der Waals surface area contributed by atoms with Crippen LogP contribution in [0.15, 0.2) is 91.4 Å². The van der Waals surface area contributed by atoms with Crippen molar-refractivity contribution in [1.82, 2.24) is 15.3 Å². The molecule has 1 atom stereocenters. The zero-order valence-electron chi connectivity index (χ0n) is 24.2. The molecule has 0 spiro atoms. The van der Waals surface area contributed by atoms with Gasteiger partial charge in [-0.1, -0.05) is 35.9 Å². The number of carbonyl (C=O) groups is 2. The van der Waals surface area contributed by atoms with Gasteiger partial charge in [-0.15, -0.1) is 0 Å². The number of nitrogens with zero attached hydrogens (tertiary/aromatic N) is 3. The number of carbonyl (C=O) groups excluding carboxylic acids is 2. The number of para-hydroxylation sites is 1. The van der Waals surface area contributed by atoms with Crippen molar-refractivity contribution in [3.8, 4) is 0 Å². The highest BCUT2D eigenvalue weighted by atomic mass is 35.5. The lowest BCUT2D eigenvalue weighted by molar-refractivity contribution is -0.118. The molecule has 3 heterocycles. The predicted molar refractivity (Wildman–Crippen MR) is 173 cm³/mol. The van der Waals surface area contributed by atoms with Gasteiger partial charge in [-0.2, -0.15) is 0 Å². The second-order valence-corrected chi connectivity index (χ2v) is 11.3. The molecule has 224 valence electrons. The molecule has 3 aromatic carbocycles. The number of benzene rings is 3. The maximum absolute atomic E-state index is 15.5. The smallest absolute Gasteiger partial charge is 0.254 e. The Morgan fingerprint density at radius 1 is 0.977 bits per heavy atom. The minimum Gasteiger partial charge on any atom is -0.368 e. The fourth-order valence-electron chi connectivity index (χ4n) is 5.64. The third kappa shape index (κ3) is 6.38. The van der Waals surface area contributed by atoms with E-state index in [0.29, 0.717) is 29.5 Å². The number of fused-ring (bicyclic) bond motifs is 1. The molecule has 2 amide bonds. The zero-order valence-corrected chi connectivity index (χ0v) is 24.9. The van der Waals surface area contributed by atoms with Gasteiger partial charge in [0.2, 0.25) is 5.91 Å². The Balaban J connectivity index is 1.16. The van der Waals surface area contributed by atoms with Crippen molar-refractivity contribution in [2.75, 3.05) is 41.3 Å². The lowest BCUT2D eigenvalue weighted by Crippen LogP contribution is -2.47. The molecule has 0 saturated carbocycles. The van der Waals surface area contributed by atoms with Gasteiger partial charge in [0.15, 0.2) is 0 Å². The summed E-state index contributed by atoms with van der Waals surface area (Å²) in [4.78, 5) is 38.3. The molecule has 44 heavy (non-hydrogen) atoms. The Morgan fingerprint density at radius 3 is 2.50 bits per heavy atom. The van der Waals surface area contributed by atoms with E-state index >= 15 is 4.39 Å². The molecule has 1 saturated heterocycles. The molecule has 0 bridgehead atoms. The summed E-state index contributed by atoms with van der Waals surface area (Å²) < 4.78 is 15.5. The highest BCUT2D eigenvalue weighted by Gasteiger charge is 2.26. The molecule has 8 nitrogen and oxygen atoms in total. The lowest BCUT2D eigenvalue weighted by Gasteiger charge is -2.38. The first-order valence-electron chi connectivity index (χ1n) is 14.5. The summed E-state index contributed by atoms with van der Waals surface area (Å²) in [6.07, 6.45) is 5.17. The van der Waals surface area contributed by atoms with Crippen molar-refractivity contribution in [2.24, 2.45) is 0 Å². The molecule has 6 rings (SSSR count). The van der Waals surface area contributed by atoms with Gasteiger partial charge in [-0.3, -0.25) is 14.6 Å². The number of hydrogen-bond donors (Lipinski definition) is 3. The molecule has 5 aromatic rings. The maximum Gasteiger partial charge on any atom is 0.254 e. The Labute approximate surface area is 259 Å². The Kier molecular flexibility index (Phi) is 8.47. The van der Waals surface area contributed by atoms with Gasteiger partial charge < -0.3 is 25.4 Å². The van der Waals surface area contributed by atoms with Gasteiger partial charge in [0, 0.05) is 84.2 Å². The van der Waals surface area contributed by atoms with Crippen LogP contribution in [0.25, 0.3) is 10.9 Å². The topological polar surface area (TPSA) is 93.4 Å². The van der Waals surface area contributed by atoms with E-state index in [4.69, 9.17) is 11.6 Å². The normalized spacial score (nSPS) is 14.0. The van der Waals surface area contributed by atoms with E-state index in [1.54, 1.807) is 30.6 Å². The van der Waals surface area contributed by atoms with Crippen LogP contribution in [0, 0.1) is 12.7 Å². The van der Waals surface area contributed by atoms with Crippen LogP contribution in [0.1, 0.15) is 21.5 Å². The SMILES string of the molecule is Cc1ccc(Cl)cc1N1CCN(c2ccc(C(=O)N[C@H](Cc3c[nH]c4ccccc34)C(=O)Nc3ccncc3)c(F)c2)CC1. The first-order chi connectivity index (χ1) is 21.4. The van der Waals surface area contributed by atoms with Crippen LogP contribution in [0.3, 0.4) is 0 Å². The lowest BCUT2D eigenvalue weighted by atomic mass is 10.0. The van der Waals surface area contributed by atoms with Crippen LogP contribution in [-0.4, -0.2) is 54.0 Å². The minimum absolute atomic E-state index is 0.123. The van der Waals surface area contributed by atoms with Gasteiger partial charge in [-0.25, -0.2) is 4.39 Å². The van der Waals surface area contributed by atoms with Crippen molar-refractivity contribution in [2.45, 2.75) is 19.4 Å². The monoisotopic (exact) mass is 610 g/mol. The molecule has 0 radical (unpaired) electrons. The fourth-order valence-corrected chi connectivity index (χ4v) is 5.81. The van der Waals surface area contributed by atoms with Crippen molar-refractivity contribution < 1.29 is 14.0 Å². The maximum atomic E-state index is 15.5. The van der Waals surface area contributed by atoms with Crippen molar-refractivity contribution in [1.29, 1.82) is 0 Å². The fraction of sp³-hybridized carbons (Fsp3) is 0.206. The molecule has 10 heteroatoms. The molecule has 0 aliphatic carbocycles. The van der Waals surface area contributed by atoms with E-state index in [2.05, 4.69) is 37.3 Å². The molecule has 3 N–H and O–H groups in total. The van der Waals surface area contributed by atoms with Crippen LogP contribution in [-0.2, 0) is 11.2 Å². The van der Waals surface area contributed by atoms with E-state index in [9.17, 15) is 9.59 Å². The summed E-state index contributed by atoms with van der Waals surface area (Å²) in [6.45, 7) is 4.96. The number of amides is 2. The third-order valence-electron chi connectivity index (χ3n) is 8.02. The Bertz CT molecular complexity index is 1800. The van der Waals surface area contributed by atoms with Gasteiger partial charge in [0.05, 0.1) is 5.56 Å². The van der Waals surface area contributed by atoms with Crippen LogP contribution in [0.5, 0.6) is 0 Å². The summed E-state index contributed by atoms with van der Waals surface area (Å²) in [6, 6.07) is 20.6. The number of aromatic nitrogens is 2. The molecule has 1 fully saturated rings. The zero-order chi connectivity index (χ0) is 30.6. The van der Waals surface area contributed by atoms with Crippen molar-refractivity contribution in [3.05, 3.63) is 119 Å². The van der Waals surface area contributed by atoms with E-state index < -0.39 is 23.7 Å². The number of nitrogens with one attached hydrogen (secondary N) is 3. The molecule has 1 aliphatic heterocycles. The third-order valence-corrected chi connectivity index (χ3v) is 8.26. The van der Waals surface area contributed by atoms with Gasteiger partial charge >= 0.3 is 0 Å². The standard InChI is InChI=1S/C34H32ClFN6O2/c1-22-6-7-24(35)19-32(22)42-16-14-41(15-17-42)26-8-9-28(29(36)20-26)33(43)40-31(34(44)39-25-10-12-37-13-11-25)18-23-21-38-30-5-3-2-4-27(23)30/h2-13,19-21,31,38H,14-18H2,1H3,(H,40,43)(H,37,39,44)/t31-/m1/s1. The van der Waals surface area contributed by atoms with E-state index in [1.165, 1.54) is 12.1 Å². The van der Waals surface area contributed by atoms with Crippen LogP contribution in [0.4, 0.5) is 21.5 Å². The predicted octanol–water partition coefficient (Wildman–Crippen LogP) is 5.97. The van der Waals surface area contributed by atoms with Gasteiger partial charge in [0.25, 0.3) is 5.91 Å². The molecular formula is C34H32ClFN6O2. The number of aryl methyl sites for hydroxylation is 1. The Hall–Kier alpha value is -4.89. The average molecular weight is 611 g/mol. The van der Waals surface area contributed by atoms with Crippen molar-refractivity contribution >= 4 is 51.4 Å². The summed E-state index contributed by atoms with van der Waals surface area (Å²) in [5.74, 6) is -1.72. The highest BCUT2D eigenvalue weighted by molar-refractivity contribution is 6.30. The number of pyridine rings is 1. The second kappa shape index (κ2) is 12.8. The van der Waals surface area contributed by atoms with Gasteiger partial charge in [-0.05, 0) is 66.6 Å². The van der Waals surface area contributed by atoms with Crippen molar-refractivity contribution in [3.63, 3.8) is 0 Å². The molecular weight excluding hydrogens is 579 g/mol. The first kappa shape index (κ1) is 29.2. The van der Waals surface area contributed by atoms with E-state index in [0.717, 1.165) is 40.8 Å². The summed E-state index contributed by atoms with van der Waals surface area (Å²) in [5.41, 5.74) is 5.16. The van der Waals surface area contributed by atoms with Crippen LogP contribution in [0.2, 0.25) is 5.02 Å². The number of H-pyrrole nitrogens is 1. The second-order valence-electron chi connectivity index (χ2n) is 10.9.